The number of hydrogen-bond donors (Lipinski definition) is 0. The molecule has 1 heteroatoms. The van der Waals surface area contributed by atoms with E-state index >= 15 is 0 Å². The van der Waals surface area contributed by atoms with Gasteiger partial charge in [0.2, 0.25) is 0 Å². The number of carbonyl (C=O) groups excluding carboxylic acids is 1. The van der Waals surface area contributed by atoms with Gasteiger partial charge in [-0.3, -0.25) is 0 Å². The largest absolute Gasteiger partial charge is 0.302 e. The van der Waals surface area contributed by atoms with Crippen molar-refractivity contribution in [2.45, 2.75) is 18.3 Å². The molecule has 0 radical (unpaired) electrons. The molecule has 0 atom stereocenters. The molecular formula is C12H10O. The van der Waals surface area contributed by atoms with Crippen LogP contribution in [-0.4, -0.2) is 6.29 Å². The van der Waals surface area contributed by atoms with Crippen LogP contribution in [0.2, 0.25) is 0 Å². The fourth-order valence-corrected chi connectivity index (χ4v) is 1.51. The highest BCUT2D eigenvalue weighted by Crippen LogP contribution is 2.46. The molecule has 0 unspecified atom stereocenters. The summed E-state index contributed by atoms with van der Waals surface area (Å²) in [5.74, 6) is 2.56. The lowest BCUT2D eigenvalue weighted by molar-refractivity contribution is -0.109. The average molecular weight is 170 g/mol. The SMILES string of the molecule is C#Cc1ccc(C2(C=O)CC2)cc1. The van der Waals surface area contributed by atoms with E-state index in [0.29, 0.717) is 0 Å². The van der Waals surface area contributed by atoms with Crippen LogP contribution in [0.1, 0.15) is 24.0 Å². The summed E-state index contributed by atoms with van der Waals surface area (Å²) in [6.07, 6.45) is 8.25. The Labute approximate surface area is 77.8 Å². The summed E-state index contributed by atoms with van der Waals surface area (Å²) < 4.78 is 0. The molecule has 1 aromatic rings. The topological polar surface area (TPSA) is 17.1 Å². The van der Waals surface area contributed by atoms with Crippen LogP contribution < -0.4 is 0 Å². The molecule has 0 amide bonds. The van der Waals surface area contributed by atoms with E-state index in [-0.39, 0.29) is 5.41 Å². The van der Waals surface area contributed by atoms with Gasteiger partial charge in [-0.25, -0.2) is 0 Å². The van der Waals surface area contributed by atoms with Crippen molar-refractivity contribution in [2.24, 2.45) is 0 Å². The standard InChI is InChI=1S/C12H10O/c1-2-10-3-5-11(6-4-10)12(9-13)7-8-12/h1,3-6,9H,7-8H2. The molecule has 1 aliphatic carbocycles. The highest BCUT2D eigenvalue weighted by molar-refractivity contribution is 5.73. The molecule has 13 heavy (non-hydrogen) atoms. The third kappa shape index (κ3) is 1.25. The van der Waals surface area contributed by atoms with Gasteiger partial charge in [0, 0.05) is 5.56 Å². The van der Waals surface area contributed by atoms with Crippen LogP contribution >= 0.6 is 0 Å². The monoisotopic (exact) mass is 170 g/mol. The first-order valence-electron chi connectivity index (χ1n) is 4.34. The summed E-state index contributed by atoms with van der Waals surface area (Å²) in [5.41, 5.74) is 1.79. The maximum atomic E-state index is 10.8. The molecule has 1 aliphatic rings. The highest BCUT2D eigenvalue weighted by Gasteiger charge is 2.43. The van der Waals surface area contributed by atoms with Crippen molar-refractivity contribution in [3.05, 3.63) is 35.4 Å². The summed E-state index contributed by atoms with van der Waals surface area (Å²) >= 11 is 0. The van der Waals surface area contributed by atoms with Crippen LogP contribution in [0.4, 0.5) is 0 Å². The minimum atomic E-state index is -0.173. The van der Waals surface area contributed by atoms with Gasteiger partial charge in [0.25, 0.3) is 0 Å². The molecule has 0 bridgehead atoms. The van der Waals surface area contributed by atoms with E-state index in [9.17, 15) is 4.79 Å². The van der Waals surface area contributed by atoms with Gasteiger partial charge in [-0.05, 0) is 30.5 Å². The Balaban J connectivity index is 2.34. The Hall–Kier alpha value is -1.55. The van der Waals surface area contributed by atoms with Gasteiger partial charge >= 0.3 is 0 Å². The molecule has 1 saturated carbocycles. The Morgan fingerprint density at radius 1 is 1.31 bits per heavy atom. The molecule has 0 N–H and O–H groups in total. The fraction of sp³-hybridized carbons (Fsp3) is 0.250. The van der Waals surface area contributed by atoms with Crippen molar-refractivity contribution in [1.29, 1.82) is 0 Å². The van der Waals surface area contributed by atoms with Gasteiger partial charge in [0.05, 0.1) is 5.41 Å². The van der Waals surface area contributed by atoms with Crippen molar-refractivity contribution in [3.8, 4) is 12.3 Å². The lowest BCUT2D eigenvalue weighted by Crippen LogP contribution is -2.07. The Morgan fingerprint density at radius 2 is 1.92 bits per heavy atom. The van der Waals surface area contributed by atoms with Crippen LogP contribution in [0.15, 0.2) is 24.3 Å². The second kappa shape index (κ2) is 2.74. The van der Waals surface area contributed by atoms with E-state index in [2.05, 4.69) is 5.92 Å². The van der Waals surface area contributed by atoms with E-state index < -0.39 is 0 Å². The molecule has 0 aliphatic heterocycles. The predicted octanol–water partition coefficient (Wildman–Crippen LogP) is 1.90. The summed E-state index contributed by atoms with van der Waals surface area (Å²) in [6, 6.07) is 7.69. The maximum Gasteiger partial charge on any atom is 0.130 e. The number of terminal acetylenes is 1. The van der Waals surface area contributed by atoms with Crippen LogP contribution in [0.25, 0.3) is 0 Å². The number of rotatable bonds is 2. The summed E-state index contributed by atoms with van der Waals surface area (Å²) in [6.45, 7) is 0. The average Bonchev–Trinajstić information content (AvgIpc) is 2.99. The summed E-state index contributed by atoms with van der Waals surface area (Å²) in [4.78, 5) is 10.8. The van der Waals surface area contributed by atoms with Gasteiger partial charge < -0.3 is 4.79 Å². The van der Waals surface area contributed by atoms with Crippen LogP contribution in [0.5, 0.6) is 0 Å². The lowest BCUT2D eigenvalue weighted by Gasteiger charge is -2.06. The number of benzene rings is 1. The second-order valence-corrected chi connectivity index (χ2v) is 3.50. The zero-order valence-corrected chi connectivity index (χ0v) is 7.29. The van der Waals surface area contributed by atoms with Gasteiger partial charge in [0.1, 0.15) is 6.29 Å². The molecule has 1 fully saturated rings. The van der Waals surface area contributed by atoms with E-state index in [0.717, 1.165) is 30.3 Å². The summed E-state index contributed by atoms with van der Waals surface area (Å²) in [7, 11) is 0. The molecule has 2 rings (SSSR count). The van der Waals surface area contributed by atoms with E-state index in [4.69, 9.17) is 6.42 Å². The molecule has 0 spiro atoms. The van der Waals surface area contributed by atoms with Gasteiger partial charge in [0.15, 0.2) is 0 Å². The van der Waals surface area contributed by atoms with Crippen LogP contribution in [0.3, 0.4) is 0 Å². The van der Waals surface area contributed by atoms with Crippen molar-refractivity contribution in [1.82, 2.24) is 0 Å². The fourth-order valence-electron chi connectivity index (χ4n) is 1.51. The number of aldehydes is 1. The molecule has 64 valence electrons. The minimum absolute atomic E-state index is 0.173. The number of hydrogen-bond acceptors (Lipinski definition) is 1. The van der Waals surface area contributed by atoms with Crippen LogP contribution in [0, 0.1) is 12.3 Å². The summed E-state index contributed by atoms with van der Waals surface area (Å²) in [5, 5.41) is 0. The van der Waals surface area contributed by atoms with Gasteiger partial charge in [-0.1, -0.05) is 18.1 Å². The molecule has 1 nitrogen and oxygen atoms in total. The predicted molar refractivity (Wildman–Crippen MR) is 51.4 cm³/mol. The quantitative estimate of drug-likeness (QED) is 0.489. The first-order valence-corrected chi connectivity index (χ1v) is 4.34. The zero-order chi connectivity index (χ0) is 9.31. The molecular weight excluding hydrogens is 160 g/mol. The van der Waals surface area contributed by atoms with Crippen molar-refractivity contribution in [3.63, 3.8) is 0 Å². The van der Waals surface area contributed by atoms with Gasteiger partial charge in [-0.15, -0.1) is 6.42 Å². The first-order chi connectivity index (χ1) is 6.30. The smallest absolute Gasteiger partial charge is 0.130 e. The van der Waals surface area contributed by atoms with Crippen molar-refractivity contribution < 1.29 is 4.79 Å². The van der Waals surface area contributed by atoms with Crippen molar-refractivity contribution in [2.75, 3.05) is 0 Å². The third-order valence-corrected chi connectivity index (χ3v) is 2.64. The number of carbonyl (C=O) groups is 1. The third-order valence-electron chi connectivity index (χ3n) is 2.64. The highest BCUT2D eigenvalue weighted by atomic mass is 16.1. The minimum Gasteiger partial charge on any atom is -0.302 e. The van der Waals surface area contributed by atoms with E-state index in [1.165, 1.54) is 0 Å². The molecule has 0 aromatic heterocycles. The molecule has 0 heterocycles. The van der Waals surface area contributed by atoms with Gasteiger partial charge in [-0.2, -0.15) is 0 Å². The zero-order valence-electron chi connectivity index (χ0n) is 7.29. The molecule has 1 aromatic carbocycles. The first kappa shape index (κ1) is 8.07. The van der Waals surface area contributed by atoms with E-state index in [1.54, 1.807) is 0 Å². The Bertz CT molecular complexity index is 363. The molecule has 0 saturated heterocycles. The Kier molecular flexibility index (Phi) is 1.70. The second-order valence-electron chi connectivity index (χ2n) is 3.50. The normalized spacial score (nSPS) is 17.5. The van der Waals surface area contributed by atoms with Crippen molar-refractivity contribution >= 4 is 6.29 Å². The Morgan fingerprint density at radius 3 is 2.31 bits per heavy atom. The van der Waals surface area contributed by atoms with E-state index in [1.807, 2.05) is 24.3 Å². The maximum absolute atomic E-state index is 10.8. The lowest BCUT2D eigenvalue weighted by atomic mass is 9.97. The van der Waals surface area contributed by atoms with Crippen LogP contribution in [-0.2, 0) is 10.2 Å².